The van der Waals surface area contributed by atoms with Gasteiger partial charge in [-0.1, -0.05) is 18.2 Å². The topological polar surface area (TPSA) is 75.4 Å². The molecule has 1 aromatic carbocycles. The molecule has 1 unspecified atom stereocenters. The van der Waals surface area contributed by atoms with Gasteiger partial charge in [0.15, 0.2) is 11.1 Å². The van der Waals surface area contributed by atoms with Crippen molar-refractivity contribution >= 4 is 11.9 Å². The van der Waals surface area contributed by atoms with Gasteiger partial charge in [-0.2, -0.15) is 18.3 Å². The normalized spacial score (nSPS) is 20.4. The van der Waals surface area contributed by atoms with E-state index in [1.54, 1.807) is 31.2 Å². The van der Waals surface area contributed by atoms with Gasteiger partial charge in [0.2, 0.25) is 0 Å². The Morgan fingerprint density at radius 2 is 1.88 bits per heavy atom. The van der Waals surface area contributed by atoms with Crippen molar-refractivity contribution in [1.82, 2.24) is 14.7 Å². The molecule has 0 aliphatic carbocycles. The Labute approximate surface area is 146 Å². The number of para-hydroxylation sites is 1. The maximum Gasteiger partial charge on any atom is 0.406 e. The third kappa shape index (κ3) is 2.83. The molecule has 138 valence electrons. The summed E-state index contributed by atoms with van der Waals surface area (Å²) >= 11 is 0. The van der Waals surface area contributed by atoms with E-state index in [0.717, 1.165) is 4.90 Å². The van der Waals surface area contributed by atoms with Crippen molar-refractivity contribution < 1.29 is 27.9 Å². The molecule has 2 heterocycles. The second kappa shape index (κ2) is 6.15. The summed E-state index contributed by atoms with van der Waals surface area (Å²) < 4.78 is 41.3. The van der Waals surface area contributed by atoms with E-state index in [2.05, 4.69) is 5.10 Å². The molecule has 1 atom stereocenters. The third-order valence-corrected chi connectivity index (χ3v) is 4.62. The zero-order valence-electron chi connectivity index (χ0n) is 13.8. The first kappa shape index (κ1) is 18.0. The highest BCUT2D eigenvalue weighted by Gasteiger charge is 2.64. The van der Waals surface area contributed by atoms with E-state index >= 15 is 0 Å². The van der Waals surface area contributed by atoms with Crippen LogP contribution in [0.2, 0.25) is 0 Å². The van der Waals surface area contributed by atoms with Crippen molar-refractivity contribution in [2.45, 2.75) is 19.5 Å². The average Bonchev–Trinajstić information content (AvgIpc) is 3.19. The Morgan fingerprint density at radius 3 is 2.42 bits per heavy atom. The van der Waals surface area contributed by atoms with Gasteiger partial charge < -0.3 is 10.0 Å². The van der Waals surface area contributed by atoms with E-state index in [1.165, 1.54) is 10.7 Å². The SMILES string of the molecule is Cc1cc(C(=O)N2CCC(C(=O)O)(C(F)(F)F)C2)nn1-c1ccccc1. The molecule has 1 saturated heterocycles. The van der Waals surface area contributed by atoms with Gasteiger partial charge in [0.05, 0.1) is 5.69 Å². The fourth-order valence-electron chi connectivity index (χ4n) is 3.08. The van der Waals surface area contributed by atoms with Crippen LogP contribution in [0.5, 0.6) is 0 Å². The van der Waals surface area contributed by atoms with Crippen LogP contribution >= 0.6 is 0 Å². The summed E-state index contributed by atoms with van der Waals surface area (Å²) in [4.78, 5) is 24.7. The third-order valence-electron chi connectivity index (χ3n) is 4.62. The Balaban J connectivity index is 1.87. The minimum atomic E-state index is -4.94. The number of aromatic nitrogens is 2. The van der Waals surface area contributed by atoms with Crippen LogP contribution in [-0.2, 0) is 4.79 Å². The number of amides is 1. The highest BCUT2D eigenvalue weighted by molar-refractivity contribution is 5.93. The summed E-state index contributed by atoms with van der Waals surface area (Å²) in [5, 5.41) is 13.3. The van der Waals surface area contributed by atoms with Crippen LogP contribution in [-0.4, -0.2) is 50.9 Å². The zero-order valence-corrected chi connectivity index (χ0v) is 13.8. The fraction of sp³-hybridized carbons (Fsp3) is 0.353. The van der Waals surface area contributed by atoms with Gasteiger partial charge in [-0.3, -0.25) is 9.59 Å². The van der Waals surface area contributed by atoms with Crippen LogP contribution in [0.1, 0.15) is 22.6 Å². The van der Waals surface area contributed by atoms with Crippen LogP contribution < -0.4 is 0 Å². The van der Waals surface area contributed by atoms with Gasteiger partial charge in [0.25, 0.3) is 5.91 Å². The maximum absolute atomic E-state index is 13.3. The maximum atomic E-state index is 13.3. The van der Waals surface area contributed by atoms with Crippen molar-refractivity contribution in [2.75, 3.05) is 13.1 Å². The highest BCUT2D eigenvalue weighted by Crippen LogP contribution is 2.45. The molecule has 0 bridgehead atoms. The van der Waals surface area contributed by atoms with Crippen molar-refractivity contribution in [3.8, 4) is 5.69 Å². The fourth-order valence-corrected chi connectivity index (χ4v) is 3.08. The zero-order chi connectivity index (χ0) is 19.1. The minimum absolute atomic E-state index is 0.0188. The molecule has 0 saturated carbocycles. The number of halogens is 3. The standard InChI is InChI=1S/C17H16F3N3O3/c1-11-9-13(21-23(11)12-5-3-2-4-6-12)14(24)22-8-7-16(10-22,15(25)26)17(18,19)20/h2-6,9H,7-8,10H2,1H3,(H,25,26). The lowest BCUT2D eigenvalue weighted by atomic mass is 9.86. The predicted octanol–water partition coefficient (Wildman–Crippen LogP) is 2.66. The second-order valence-corrected chi connectivity index (χ2v) is 6.28. The van der Waals surface area contributed by atoms with E-state index in [9.17, 15) is 22.8 Å². The van der Waals surface area contributed by atoms with Crippen molar-refractivity contribution in [2.24, 2.45) is 5.41 Å². The predicted molar refractivity (Wildman–Crippen MR) is 84.9 cm³/mol. The second-order valence-electron chi connectivity index (χ2n) is 6.28. The molecule has 2 aromatic rings. The molecular weight excluding hydrogens is 351 g/mol. The summed E-state index contributed by atoms with van der Waals surface area (Å²) in [5.74, 6) is -2.68. The summed E-state index contributed by atoms with van der Waals surface area (Å²) in [6, 6.07) is 10.4. The van der Waals surface area contributed by atoms with Gasteiger partial charge in [-0.25, -0.2) is 4.68 Å². The first-order valence-corrected chi connectivity index (χ1v) is 7.87. The van der Waals surface area contributed by atoms with E-state index < -0.39 is 36.4 Å². The number of likely N-dealkylation sites (tertiary alicyclic amines) is 1. The molecular formula is C17H16F3N3O3. The number of hydrogen-bond acceptors (Lipinski definition) is 3. The summed E-state index contributed by atoms with van der Waals surface area (Å²) in [7, 11) is 0. The van der Waals surface area contributed by atoms with Crippen molar-refractivity contribution in [3.63, 3.8) is 0 Å². The van der Waals surface area contributed by atoms with Crippen LogP contribution in [0, 0.1) is 12.3 Å². The van der Waals surface area contributed by atoms with Crippen LogP contribution in [0.3, 0.4) is 0 Å². The Kier molecular flexibility index (Phi) is 4.25. The molecule has 1 N–H and O–H groups in total. The summed E-state index contributed by atoms with van der Waals surface area (Å²) in [5.41, 5.74) is -1.60. The molecule has 1 aromatic heterocycles. The van der Waals surface area contributed by atoms with E-state index in [0.29, 0.717) is 11.4 Å². The largest absolute Gasteiger partial charge is 0.481 e. The van der Waals surface area contributed by atoms with Crippen LogP contribution in [0.15, 0.2) is 36.4 Å². The lowest BCUT2D eigenvalue weighted by molar-refractivity contribution is -0.227. The van der Waals surface area contributed by atoms with Gasteiger partial charge in [0.1, 0.15) is 0 Å². The van der Waals surface area contributed by atoms with Crippen LogP contribution in [0.4, 0.5) is 13.2 Å². The molecule has 1 aliphatic rings. The number of hydrogen-bond donors (Lipinski definition) is 1. The minimum Gasteiger partial charge on any atom is -0.481 e. The van der Waals surface area contributed by atoms with E-state index in [-0.39, 0.29) is 12.2 Å². The van der Waals surface area contributed by atoms with Gasteiger partial charge in [0, 0.05) is 18.8 Å². The number of alkyl halides is 3. The molecule has 6 nitrogen and oxygen atoms in total. The molecule has 1 amide bonds. The number of carbonyl (C=O) groups excluding carboxylic acids is 1. The number of nitrogens with zero attached hydrogens (tertiary/aromatic N) is 3. The number of benzene rings is 1. The number of rotatable bonds is 3. The first-order valence-electron chi connectivity index (χ1n) is 7.87. The molecule has 26 heavy (non-hydrogen) atoms. The molecule has 9 heteroatoms. The summed E-state index contributed by atoms with van der Waals surface area (Å²) in [6.07, 6.45) is -5.61. The first-order chi connectivity index (χ1) is 12.2. The quantitative estimate of drug-likeness (QED) is 0.905. The molecule has 0 radical (unpaired) electrons. The van der Waals surface area contributed by atoms with Crippen molar-refractivity contribution in [3.05, 3.63) is 47.8 Å². The van der Waals surface area contributed by atoms with E-state index in [1.807, 2.05) is 6.07 Å². The van der Waals surface area contributed by atoms with E-state index in [4.69, 9.17) is 5.11 Å². The average molecular weight is 367 g/mol. The molecule has 3 rings (SSSR count). The Morgan fingerprint density at radius 1 is 1.23 bits per heavy atom. The van der Waals surface area contributed by atoms with Crippen molar-refractivity contribution in [1.29, 1.82) is 0 Å². The Hall–Kier alpha value is -2.84. The molecule has 1 fully saturated rings. The monoisotopic (exact) mass is 367 g/mol. The lowest BCUT2D eigenvalue weighted by Crippen LogP contribution is -2.47. The van der Waals surface area contributed by atoms with Gasteiger partial charge in [-0.05, 0) is 31.5 Å². The number of carboxylic acids is 1. The smallest absolute Gasteiger partial charge is 0.406 e. The summed E-state index contributed by atoms with van der Waals surface area (Å²) in [6.45, 7) is 0.516. The molecule has 0 spiro atoms. The van der Waals surface area contributed by atoms with Gasteiger partial charge in [-0.15, -0.1) is 0 Å². The molecule has 1 aliphatic heterocycles. The number of aliphatic carboxylic acids is 1. The highest BCUT2D eigenvalue weighted by atomic mass is 19.4. The number of carbonyl (C=O) groups is 2. The Bertz CT molecular complexity index is 848. The van der Waals surface area contributed by atoms with Gasteiger partial charge >= 0.3 is 12.1 Å². The number of carboxylic acid groups (broad SMARTS) is 1. The van der Waals surface area contributed by atoms with Crippen LogP contribution in [0.25, 0.3) is 5.69 Å². The number of aryl methyl sites for hydroxylation is 1. The lowest BCUT2D eigenvalue weighted by Gasteiger charge is -2.27.